The second kappa shape index (κ2) is 11.3. The topological polar surface area (TPSA) is 22.2 Å². The lowest BCUT2D eigenvalue weighted by molar-refractivity contribution is 1.18. The Hall–Kier alpha value is -6.97. The first-order valence-electron chi connectivity index (χ1n) is 17.8. The summed E-state index contributed by atoms with van der Waals surface area (Å²) >= 11 is 0. The highest BCUT2D eigenvalue weighted by Crippen LogP contribution is 2.40. The molecule has 0 saturated heterocycles. The third kappa shape index (κ3) is 4.36. The highest BCUT2D eigenvalue weighted by atomic mass is 15.0. The standard InChI is InChI=1S/C49H31N3/c1-3-14-32(15-4-1)36-27-43(33-16-5-2-6-17-33)50-44(28-36)34-19-13-20-37(26-34)51-46-25-12-10-23-40(46)42-31-49-41(30-48(42)51)38-21-8-9-22-39(38)47-29-35-18-7-11-24-45(35)52(47)49/h1-31H. The molecule has 0 spiro atoms. The van der Waals surface area contributed by atoms with Crippen LogP contribution in [0.25, 0.3) is 99.2 Å². The fourth-order valence-corrected chi connectivity index (χ4v) is 8.27. The zero-order valence-corrected chi connectivity index (χ0v) is 28.2. The molecule has 0 bridgehead atoms. The minimum Gasteiger partial charge on any atom is -0.309 e. The van der Waals surface area contributed by atoms with Gasteiger partial charge in [-0.2, -0.15) is 0 Å². The number of hydrogen-bond donors (Lipinski definition) is 0. The van der Waals surface area contributed by atoms with Crippen molar-refractivity contribution in [2.24, 2.45) is 0 Å². The van der Waals surface area contributed by atoms with E-state index in [-0.39, 0.29) is 0 Å². The van der Waals surface area contributed by atoms with E-state index in [9.17, 15) is 0 Å². The van der Waals surface area contributed by atoms with E-state index in [1.165, 1.54) is 65.5 Å². The minimum atomic E-state index is 0.946. The summed E-state index contributed by atoms with van der Waals surface area (Å²) in [6.45, 7) is 0. The number of pyridine rings is 2. The van der Waals surface area contributed by atoms with Crippen LogP contribution >= 0.6 is 0 Å². The van der Waals surface area contributed by atoms with E-state index in [1.807, 2.05) is 0 Å². The Labute approximate surface area is 300 Å². The van der Waals surface area contributed by atoms with Crippen molar-refractivity contribution in [3.8, 4) is 39.3 Å². The Bertz CT molecular complexity index is 3110. The summed E-state index contributed by atoms with van der Waals surface area (Å²) in [5.41, 5.74) is 13.5. The number of hydrogen-bond acceptors (Lipinski definition) is 1. The first-order valence-corrected chi connectivity index (χ1v) is 17.8. The maximum absolute atomic E-state index is 5.26. The molecule has 0 aliphatic carbocycles. The van der Waals surface area contributed by atoms with Gasteiger partial charge in [0.05, 0.1) is 39.0 Å². The van der Waals surface area contributed by atoms with E-state index < -0.39 is 0 Å². The van der Waals surface area contributed by atoms with Crippen LogP contribution < -0.4 is 0 Å². The predicted octanol–water partition coefficient (Wildman–Crippen LogP) is 12.9. The molecular weight excluding hydrogens is 631 g/mol. The van der Waals surface area contributed by atoms with Gasteiger partial charge in [0.25, 0.3) is 0 Å². The van der Waals surface area contributed by atoms with Gasteiger partial charge in [0.2, 0.25) is 0 Å². The number of rotatable bonds is 4. The molecule has 0 unspecified atom stereocenters. The summed E-state index contributed by atoms with van der Waals surface area (Å²) in [7, 11) is 0. The maximum atomic E-state index is 5.26. The van der Waals surface area contributed by atoms with Gasteiger partial charge in [-0.15, -0.1) is 0 Å². The molecule has 11 aromatic rings. The molecule has 0 radical (unpaired) electrons. The molecule has 52 heavy (non-hydrogen) atoms. The first-order chi connectivity index (χ1) is 25.8. The van der Waals surface area contributed by atoms with Gasteiger partial charge < -0.3 is 8.97 Å². The van der Waals surface area contributed by atoms with Crippen LogP contribution in [0.1, 0.15) is 0 Å². The van der Waals surface area contributed by atoms with E-state index in [1.54, 1.807) is 0 Å². The van der Waals surface area contributed by atoms with Crippen molar-refractivity contribution in [1.29, 1.82) is 0 Å². The lowest BCUT2D eigenvalue weighted by Crippen LogP contribution is -1.96. The van der Waals surface area contributed by atoms with Crippen molar-refractivity contribution in [1.82, 2.24) is 14.0 Å². The molecular formula is C49H31N3. The SMILES string of the molecule is c1ccc(-c2cc(-c3ccccc3)nc(-c3cccc(-n4c5ccccc5c5cc6c(cc54)c4ccccc4c4cc5ccccc5n46)c3)c2)cc1. The Morgan fingerprint density at radius 1 is 0.308 bits per heavy atom. The second-order valence-corrected chi connectivity index (χ2v) is 13.6. The van der Waals surface area contributed by atoms with Crippen LogP contribution in [-0.2, 0) is 0 Å². The molecule has 0 aliphatic heterocycles. The molecule has 7 aromatic carbocycles. The molecule has 0 atom stereocenters. The van der Waals surface area contributed by atoms with Gasteiger partial charge >= 0.3 is 0 Å². The van der Waals surface area contributed by atoms with Crippen molar-refractivity contribution in [2.75, 3.05) is 0 Å². The molecule has 242 valence electrons. The fourth-order valence-electron chi connectivity index (χ4n) is 8.27. The molecule has 4 aromatic heterocycles. The lowest BCUT2D eigenvalue weighted by atomic mass is 10.00. The highest BCUT2D eigenvalue weighted by Gasteiger charge is 2.18. The van der Waals surface area contributed by atoms with Gasteiger partial charge in [0.1, 0.15) is 0 Å². The largest absolute Gasteiger partial charge is 0.309 e. The molecule has 11 rings (SSSR count). The monoisotopic (exact) mass is 661 g/mol. The minimum absolute atomic E-state index is 0.946. The average molecular weight is 662 g/mol. The number of benzene rings is 7. The zero-order valence-electron chi connectivity index (χ0n) is 28.2. The zero-order chi connectivity index (χ0) is 34.2. The lowest BCUT2D eigenvalue weighted by Gasteiger charge is -2.14. The smallest absolute Gasteiger partial charge is 0.0716 e. The quantitative estimate of drug-likeness (QED) is 0.172. The van der Waals surface area contributed by atoms with Gasteiger partial charge in [0.15, 0.2) is 0 Å². The van der Waals surface area contributed by atoms with E-state index in [2.05, 4.69) is 197 Å². The third-order valence-electron chi connectivity index (χ3n) is 10.6. The van der Waals surface area contributed by atoms with E-state index in [0.717, 1.165) is 33.8 Å². The molecule has 0 saturated carbocycles. The fraction of sp³-hybridized carbons (Fsp3) is 0. The van der Waals surface area contributed by atoms with Crippen LogP contribution in [0.4, 0.5) is 0 Å². The molecule has 3 heteroatoms. The molecule has 0 amide bonds. The summed E-state index contributed by atoms with van der Waals surface area (Å²) in [4.78, 5) is 5.26. The summed E-state index contributed by atoms with van der Waals surface area (Å²) in [5.74, 6) is 0. The number of nitrogens with zero attached hydrogens (tertiary/aromatic N) is 3. The molecule has 0 N–H and O–H groups in total. The Kier molecular flexibility index (Phi) is 6.25. The van der Waals surface area contributed by atoms with Gasteiger partial charge in [0, 0.05) is 43.7 Å². The summed E-state index contributed by atoms with van der Waals surface area (Å²) in [6.07, 6.45) is 0. The number of aromatic nitrogens is 3. The third-order valence-corrected chi connectivity index (χ3v) is 10.6. The van der Waals surface area contributed by atoms with Crippen molar-refractivity contribution in [2.45, 2.75) is 0 Å². The predicted molar refractivity (Wildman–Crippen MR) is 218 cm³/mol. The van der Waals surface area contributed by atoms with Crippen LogP contribution in [0, 0.1) is 0 Å². The van der Waals surface area contributed by atoms with Crippen LogP contribution in [0.3, 0.4) is 0 Å². The van der Waals surface area contributed by atoms with Crippen LogP contribution in [0.15, 0.2) is 188 Å². The van der Waals surface area contributed by atoms with Crippen molar-refractivity contribution < 1.29 is 0 Å². The van der Waals surface area contributed by atoms with Crippen LogP contribution in [0.2, 0.25) is 0 Å². The van der Waals surface area contributed by atoms with E-state index in [4.69, 9.17) is 4.98 Å². The molecule has 3 nitrogen and oxygen atoms in total. The van der Waals surface area contributed by atoms with Crippen molar-refractivity contribution in [3.63, 3.8) is 0 Å². The molecule has 4 heterocycles. The van der Waals surface area contributed by atoms with Crippen LogP contribution in [0.5, 0.6) is 0 Å². The summed E-state index contributed by atoms with van der Waals surface area (Å²) in [5, 5.41) is 7.47. The molecule has 0 aliphatic rings. The van der Waals surface area contributed by atoms with Gasteiger partial charge in [-0.1, -0.05) is 133 Å². The normalized spacial score (nSPS) is 11.8. The number of para-hydroxylation sites is 2. The Morgan fingerprint density at radius 2 is 0.865 bits per heavy atom. The van der Waals surface area contributed by atoms with Gasteiger partial charge in [-0.3, -0.25) is 0 Å². The van der Waals surface area contributed by atoms with Crippen molar-refractivity contribution in [3.05, 3.63) is 188 Å². The second-order valence-electron chi connectivity index (χ2n) is 13.6. The van der Waals surface area contributed by atoms with Crippen LogP contribution in [-0.4, -0.2) is 14.0 Å². The molecule has 0 fully saturated rings. The first kappa shape index (κ1) is 28.8. The van der Waals surface area contributed by atoms with E-state index in [0.29, 0.717) is 0 Å². The Balaban J connectivity index is 1.18. The van der Waals surface area contributed by atoms with Gasteiger partial charge in [-0.05, 0) is 71.1 Å². The van der Waals surface area contributed by atoms with Crippen molar-refractivity contribution >= 4 is 59.9 Å². The van der Waals surface area contributed by atoms with Gasteiger partial charge in [-0.25, -0.2) is 4.98 Å². The Morgan fingerprint density at radius 3 is 1.65 bits per heavy atom. The highest BCUT2D eigenvalue weighted by molar-refractivity contribution is 6.21. The maximum Gasteiger partial charge on any atom is 0.0716 e. The average Bonchev–Trinajstić information content (AvgIpc) is 3.77. The number of fused-ring (bicyclic) bond motifs is 11. The van der Waals surface area contributed by atoms with E-state index >= 15 is 0 Å². The summed E-state index contributed by atoms with van der Waals surface area (Å²) in [6, 6.07) is 67.8. The summed E-state index contributed by atoms with van der Waals surface area (Å²) < 4.78 is 4.88.